The van der Waals surface area contributed by atoms with Crippen LogP contribution in [0.25, 0.3) is 0 Å². The van der Waals surface area contributed by atoms with Crippen LogP contribution in [0.3, 0.4) is 0 Å². The van der Waals surface area contributed by atoms with Gasteiger partial charge in [-0.3, -0.25) is 14.9 Å². The normalized spacial score (nSPS) is 11.6. The predicted octanol–water partition coefficient (Wildman–Crippen LogP) is 1.53. The Morgan fingerprint density at radius 1 is 1.32 bits per heavy atom. The van der Waals surface area contributed by atoms with E-state index in [9.17, 15) is 23.3 Å². The molecule has 0 fully saturated rings. The summed E-state index contributed by atoms with van der Waals surface area (Å²) >= 11 is 0. The molecule has 10 heteroatoms. The molecule has 1 aromatic carbocycles. The smallest absolute Gasteiger partial charge is 0.312 e. The molecule has 0 aliphatic rings. The van der Waals surface area contributed by atoms with Gasteiger partial charge in [0, 0.05) is 25.2 Å². The summed E-state index contributed by atoms with van der Waals surface area (Å²) in [6.07, 6.45) is 0. The molecule has 0 aromatic heterocycles. The van der Waals surface area contributed by atoms with Crippen LogP contribution in [0.2, 0.25) is 0 Å². The molecule has 0 atom stereocenters. The highest BCUT2D eigenvalue weighted by molar-refractivity contribution is 7.89. The van der Waals surface area contributed by atoms with Gasteiger partial charge in [0.15, 0.2) is 12.4 Å². The van der Waals surface area contributed by atoms with Gasteiger partial charge in [0.05, 0.1) is 9.82 Å². The van der Waals surface area contributed by atoms with Crippen LogP contribution in [0, 0.1) is 10.1 Å². The van der Waals surface area contributed by atoms with Crippen LogP contribution in [0.5, 0.6) is 5.75 Å². The zero-order valence-electron chi connectivity index (χ0n) is 14.7. The highest BCUT2D eigenvalue weighted by Crippen LogP contribution is 2.30. The second-order valence-corrected chi connectivity index (χ2v) is 7.42. The van der Waals surface area contributed by atoms with E-state index in [2.05, 4.69) is 5.32 Å². The highest BCUT2D eigenvalue weighted by Gasteiger charge is 2.26. The number of nitrogens with zero attached hydrogens (tertiary/aromatic N) is 2. The third-order valence-electron chi connectivity index (χ3n) is 3.28. The van der Waals surface area contributed by atoms with Crippen molar-refractivity contribution in [3.8, 4) is 5.75 Å². The van der Waals surface area contributed by atoms with Crippen LogP contribution in [0.4, 0.5) is 5.69 Å². The summed E-state index contributed by atoms with van der Waals surface area (Å²) in [6.45, 7) is 7.00. The van der Waals surface area contributed by atoms with Gasteiger partial charge in [-0.15, -0.1) is 0 Å². The van der Waals surface area contributed by atoms with Crippen molar-refractivity contribution >= 4 is 21.6 Å². The Morgan fingerprint density at radius 3 is 2.40 bits per heavy atom. The van der Waals surface area contributed by atoms with Crippen molar-refractivity contribution in [3.05, 3.63) is 28.3 Å². The van der Waals surface area contributed by atoms with Gasteiger partial charge in [0.1, 0.15) is 0 Å². The molecule has 0 aliphatic carbocycles. The lowest BCUT2D eigenvalue weighted by Crippen LogP contribution is -2.34. The summed E-state index contributed by atoms with van der Waals surface area (Å²) in [4.78, 5) is 21.9. The zero-order valence-corrected chi connectivity index (χ0v) is 15.5. The maximum Gasteiger partial charge on any atom is 0.312 e. The van der Waals surface area contributed by atoms with E-state index in [0.717, 1.165) is 6.07 Å². The Kier molecular flexibility index (Phi) is 7.31. The number of carbonyl (C=O) groups excluding carboxylic acids is 1. The molecule has 0 saturated carbocycles. The Hall–Kier alpha value is -2.20. The maximum absolute atomic E-state index is 12.5. The van der Waals surface area contributed by atoms with E-state index in [1.54, 1.807) is 27.7 Å². The minimum absolute atomic E-state index is 0.0901. The number of hydrogen-bond donors (Lipinski definition) is 1. The Morgan fingerprint density at radius 2 is 1.92 bits per heavy atom. The number of nitrogens with one attached hydrogen (secondary N) is 1. The van der Waals surface area contributed by atoms with Gasteiger partial charge >= 0.3 is 5.69 Å². The van der Waals surface area contributed by atoms with Gasteiger partial charge < -0.3 is 10.1 Å². The molecule has 0 heterocycles. The van der Waals surface area contributed by atoms with Crippen molar-refractivity contribution < 1.29 is 22.9 Å². The van der Waals surface area contributed by atoms with E-state index in [4.69, 9.17) is 4.74 Å². The van der Waals surface area contributed by atoms with Crippen LogP contribution in [-0.2, 0) is 14.8 Å². The summed E-state index contributed by atoms with van der Waals surface area (Å²) in [5, 5.41) is 13.8. The second-order valence-electron chi connectivity index (χ2n) is 5.49. The van der Waals surface area contributed by atoms with Gasteiger partial charge in [-0.1, -0.05) is 13.8 Å². The molecule has 1 N–H and O–H groups in total. The van der Waals surface area contributed by atoms with Crippen LogP contribution in [-0.4, -0.2) is 49.3 Å². The third-order valence-corrected chi connectivity index (χ3v) is 5.32. The highest BCUT2D eigenvalue weighted by atomic mass is 32.2. The lowest BCUT2D eigenvalue weighted by molar-refractivity contribution is -0.386. The summed E-state index contributed by atoms with van der Waals surface area (Å²) in [6, 6.07) is 3.28. The molecule has 1 amide bonds. The number of nitro benzene ring substituents is 1. The summed E-state index contributed by atoms with van der Waals surface area (Å²) < 4.78 is 31.3. The average molecular weight is 373 g/mol. The standard InChI is InChI=1S/C15H23N3O6S/c1-5-17(6-2)25(22,23)12-7-8-14(13(9-12)18(20)21)24-10-15(19)16-11(3)4/h7-9,11H,5-6,10H2,1-4H3,(H,16,19). The fourth-order valence-corrected chi connectivity index (χ4v) is 3.62. The molecule has 0 radical (unpaired) electrons. The molecular formula is C15H23N3O6S. The molecule has 1 aromatic rings. The van der Waals surface area contributed by atoms with Crippen molar-refractivity contribution in [2.24, 2.45) is 0 Å². The lowest BCUT2D eigenvalue weighted by atomic mass is 10.3. The van der Waals surface area contributed by atoms with E-state index < -0.39 is 33.1 Å². The topological polar surface area (TPSA) is 119 Å². The second kappa shape index (κ2) is 8.77. The van der Waals surface area contributed by atoms with E-state index in [0.29, 0.717) is 0 Å². The molecule has 140 valence electrons. The minimum Gasteiger partial charge on any atom is -0.477 e. The number of amides is 1. The van der Waals surface area contributed by atoms with Gasteiger partial charge in [-0.25, -0.2) is 8.42 Å². The summed E-state index contributed by atoms with van der Waals surface area (Å²) in [5.41, 5.74) is -0.509. The third kappa shape index (κ3) is 5.40. The van der Waals surface area contributed by atoms with Crippen molar-refractivity contribution in [3.63, 3.8) is 0 Å². The average Bonchev–Trinajstić information content (AvgIpc) is 2.52. The maximum atomic E-state index is 12.5. The van der Waals surface area contributed by atoms with Crippen molar-refractivity contribution in [1.29, 1.82) is 0 Å². The van der Waals surface area contributed by atoms with E-state index in [-0.39, 0.29) is 29.8 Å². The fraction of sp³-hybridized carbons (Fsp3) is 0.533. The number of hydrogen-bond acceptors (Lipinski definition) is 6. The number of sulfonamides is 1. The molecular weight excluding hydrogens is 350 g/mol. The van der Waals surface area contributed by atoms with Crippen LogP contribution >= 0.6 is 0 Å². The molecule has 25 heavy (non-hydrogen) atoms. The minimum atomic E-state index is -3.83. The Labute approximate surface area is 147 Å². The monoisotopic (exact) mass is 373 g/mol. The first-order valence-corrected chi connectivity index (χ1v) is 9.28. The van der Waals surface area contributed by atoms with E-state index in [1.807, 2.05) is 0 Å². The molecule has 9 nitrogen and oxygen atoms in total. The molecule has 1 rings (SSSR count). The Balaban J connectivity index is 3.12. The predicted molar refractivity (Wildman–Crippen MR) is 92.0 cm³/mol. The van der Waals surface area contributed by atoms with Gasteiger partial charge in [0.2, 0.25) is 10.0 Å². The van der Waals surface area contributed by atoms with Crippen LogP contribution in [0.15, 0.2) is 23.1 Å². The first kappa shape index (κ1) is 20.8. The van der Waals surface area contributed by atoms with Gasteiger partial charge in [-0.2, -0.15) is 4.31 Å². The zero-order chi connectivity index (χ0) is 19.2. The number of nitro groups is 1. The van der Waals surface area contributed by atoms with E-state index >= 15 is 0 Å². The quantitative estimate of drug-likeness (QED) is 0.518. The SMILES string of the molecule is CCN(CC)S(=O)(=O)c1ccc(OCC(=O)NC(C)C)c([N+](=O)[O-])c1. The van der Waals surface area contributed by atoms with Crippen LogP contribution < -0.4 is 10.1 Å². The molecule has 0 saturated heterocycles. The molecule has 0 bridgehead atoms. The first-order chi connectivity index (χ1) is 11.6. The molecule has 0 aliphatic heterocycles. The first-order valence-electron chi connectivity index (χ1n) is 7.84. The summed E-state index contributed by atoms with van der Waals surface area (Å²) in [7, 11) is -3.83. The Bertz CT molecular complexity index is 729. The fourth-order valence-electron chi connectivity index (χ4n) is 2.14. The number of carbonyl (C=O) groups is 1. The molecule has 0 spiro atoms. The number of benzene rings is 1. The number of ether oxygens (including phenoxy) is 1. The van der Waals surface area contributed by atoms with E-state index in [1.165, 1.54) is 16.4 Å². The van der Waals surface area contributed by atoms with Crippen molar-refractivity contribution in [2.45, 2.75) is 38.6 Å². The molecule has 0 unspecified atom stereocenters. The van der Waals surface area contributed by atoms with Gasteiger partial charge in [-0.05, 0) is 26.0 Å². The lowest BCUT2D eigenvalue weighted by Gasteiger charge is -2.18. The number of rotatable bonds is 9. The van der Waals surface area contributed by atoms with Crippen molar-refractivity contribution in [1.82, 2.24) is 9.62 Å². The van der Waals surface area contributed by atoms with Crippen LogP contribution in [0.1, 0.15) is 27.7 Å². The van der Waals surface area contributed by atoms with Gasteiger partial charge in [0.25, 0.3) is 5.91 Å². The van der Waals surface area contributed by atoms with Crippen molar-refractivity contribution in [2.75, 3.05) is 19.7 Å². The largest absolute Gasteiger partial charge is 0.477 e. The summed E-state index contributed by atoms with van der Waals surface area (Å²) in [5.74, 6) is -0.591.